The van der Waals surface area contributed by atoms with E-state index in [-0.39, 0.29) is 6.04 Å². The average molecular weight is 283 g/mol. The smallest absolute Gasteiger partial charge is 0.114 e. The van der Waals surface area contributed by atoms with Gasteiger partial charge in [-0.2, -0.15) is 0 Å². The van der Waals surface area contributed by atoms with E-state index in [9.17, 15) is 0 Å². The molecule has 2 heterocycles. The van der Waals surface area contributed by atoms with Crippen molar-refractivity contribution in [3.63, 3.8) is 0 Å². The van der Waals surface area contributed by atoms with Crippen LogP contribution in [-0.4, -0.2) is 9.97 Å². The molecule has 102 valence electrons. The van der Waals surface area contributed by atoms with Gasteiger partial charge in [0.15, 0.2) is 0 Å². The van der Waals surface area contributed by atoms with Crippen LogP contribution in [0.25, 0.3) is 10.9 Å². The first-order chi connectivity index (χ1) is 9.56. The topological polar surface area (TPSA) is 51.8 Å². The van der Waals surface area contributed by atoms with Crippen LogP contribution in [0.4, 0.5) is 0 Å². The molecule has 3 nitrogen and oxygen atoms in total. The number of nitrogens with zero attached hydrogens (tertiary/aromatic N) is 2. The fourth-order valence-electron chi connectivity index (χ4n) is 2.36. The van der Waals surface area contributed by atoms with Crippen LogP contribution in [-0.2, 0) is 0 Å². The highest BCUT2D eigenvalue weighted by atomic mass is 32.1. The highest BCUT2D eigenvalue weighted by molar-refractivity contribution is 7.11. The number of pyridine rings is 1. The van der Waals surface area contributed by atoms with Gasteiger partial charge in [-0.15, -0.1) is 11.3 Å². The number of hydrogen-bond acceptors (Lipinski definition) is 4. The molecule has 0 bridgehead atoms. The molecule has 2 aromatic heterocycles. The number of fused-ring (bicyclic) bond motifs is 1. The maximum atomic E-state index is 6.45. The largest absolute Gasteiger partial charge is 0.318 e. The molecule has 2 N–H and O–H groups in total. The summed E-state index contributed by atoms with van der Waals surface area (Å²) >= 11 is 1.68. The maximum Gasteiger partial charge on any atom is 0.114 e. The Bertz CT molecular complexity index is 757. The fraction of sp³-hybridized carbons (Fsp3) is 0.250. The summed E-state index contributed by atoms with van der Waals surface area (Å²) in [4.78, 5) is 10.4. The van der Waals surface area contributed by atoms with Crippen LogP contribution < -0.4 is 5.73 Å². The van der Waals surface area contributed by atoms with E-state index in [1.165, 1.54) is 4.88 Å². The van der Waals surface area contributed by atoms with Crippen molar-refractivity contribution in [2.45, 2.75) is 26.8 Å². The van der Waals surface area contributed by atoms with E-state index in [0.29, 0.717) is 0 Å². The standard InChI is InChI=1S/C16H17N3S/c1-9-8-13(12-6-4-5-7-14(12)18-9)15(17)16-19-10(2)11(3)20-16/h4-8,15H,17H2,1-3H3. The van der Waals surface area contributed by atoms with Crippen LogP contribution in [0.15, 0.2) is 30.3 Å². The number of aryl methyl sites for hydroxylation is 3. The molecule has 3 rings (SSSR count). The lowest BCUT2D eigenvalue weighted by atomic mass is 10.0. The predicted molar refractivity (Wildman–Crippen MR) is 84.1 cm³/mol. The zero-order chi connectivity index (χ0) is 14.3. The average Bonchev–Trinajstić information content (AvgIpc) is 2.77. The van der Waals surface area contributed by atoms with Crippen LogP contribution in [0.1, 0.15) is 32.9 Å². The lowest BCUT2D eigenvalue weighted by molar-refractivity contribution is 0.856. The Kier molecular flexibility index (Phi) is 3.28. The van der Waals surface area contributed by atoms with E-state index in [4.69, 9.17) is 5.73 Å². The third-order valence-electron chi connectivity index (χ3n) is 3.52. The first-order valence-corrected chi connectivity index (χ1v) is 7.43. The number of para-hydroxylation sites is 1. The first kappa shape index (κ1) is 13.2. The fourth-order valence-corrected chi connectivity index (χ4v) is 3.30. The van der Waals surface area contributed by atoms with Gasteiger partial charge in [-0.3, -0.25) is 4.98 Å². The lowest BCUT2D eigenvalue weighted by Gasteiger charge is -2.13. The third kappa shape index (κ3) is 2.21. The van der Waals surface area contributed by atoms with Crippen molar-refractivity contribution >= 4 is 22.2 Å². The normalized spacial score (nSPS) is 12.8. The van der Waals surface area contributed by atoms with Gasteiger partial charge < -0.3 is 5.73 Å². The van der Waals surface area contributed by atoms with Crippen molar-refractivity contribution in [3.8, 4) is 0 Å². The minimum Gasteiger partial charge on any atom is -0.318 e. The Morgan fingerprint density at radius 1 is 1.10 bits per heavy atom. The van der Waals surface area contributed by atoms with Gasteiger partial charge >= 0.3 is 0 Å². The highest BCUT2D eigenvalue weighted by Gasteiger charge is 2.17. The van der Waals surface area contributed by atoms with Crippen molar-refractivity contribution < 1.29 is 0 Å². The molecule has 0 aliphatic carbocycles. The lowest BCUT2D eigenvalue weighted by Crippen LogP contribution is -2.12. The van der Waals surface area contributed by atoms with Crippen molar-refractivity contribution in [2.24, 2.45) is 5.73 Å². The molecular formula is C16H17N3S. The van der Waals surface area contributed by atoms with E-state index < -0.39 is 0 Å². The molecule has 1 aromatic carbocycles. The number of nitrogens with two attached hydrogens (primary N) is 1. The second-order valence-corrected chi connectivity index (χ2v) is 6.28. The molecule has 4 heteroatoms. The van der Waals surface area contributed by atoms with E-state index in [1.54, 1.807) is 11.3 Å². The van der Waals surface area contributed by atoms with Gasteiger partial charge in [0.25, 0.3) is 0 Å². The van der Waals surface area contributed by atoms with Crippen LogP contribution in [0.5, 0.6) is 0 Å². The molecule has 1 unspecified atom stereocenters. The second-order valence-electron chi connectivity index (χ2n) is 5.04. The van der Waals surface area contributed by atoms with Gasteiger partial charge in [-0.05, 0) is 38.5 Å². The molecule has 0 saturated carbocycles. The van der Waals surface area contributed by atoms with Gasteiger partial charge in [0, 0.05) is 16.0 Å². The van der Waals surface area contributed by atoms with Crippen LogP contribution in [0.3, 0.4) is 0 Å². The summed E-state index contributed by atoms with van der Waals surface area (Å²) in [7, 11) is 0. The van der Waals surface area contributed by atoms with Crippen LogP contribution >= 0.6 is 11.3 Å². The Hall–Kier alpha value is -1.78. The maximum absolute atomic E-state index is 6.45. The van der Waals surface area contributed by atoms with E-state index >= 15 is 0 Å². The van der Waals surface area contributed by atoms with Crippen molar-refractivity contribution in [1.82, 2.24) is 9.97 Å². The molecule has 0 amide bonds. The molecule has 0 saturated heterocycles. The Morgan fingerprint density at radius 2 is 1.85 bits per heavy atom. The van der Waals surface area contributed by atoms with E-state index in [1.807, 2.05) is 32.0 Å². The summed E-state index contributed by atoms with van der Waals surface area (Å²) < 4.78 is 0. The summed E-state index contributed by atoms with van der Waals surface area (Å²) in [6.07, 6.45) is 0. The summed E-state index contributed by atoms with van der Waals surface area (Å²) in [6.45, 7) is 6.11. The minimum atomic E-state index is -0.195. The van der Waals surface area contributed by atoms with Crippen molar-refractivity contribution in [1.29, 1.82) is 0 Å². The summed E-state index contributed by atoms with van der Waals surface area (Å²) in [5.74, 6) is 0. The SMILES string of the molecule is Cc1cc(C(N)c2nc(C)c(C)s2)c2ccccc2n1. The third-order valence-corrected chi connectivity index (χ3v) is 4.68. The van der Waals surface area contributed by atoms with Crippen molar-refractivity contribution in [2.75, 3.05) is 0 Å². The monoisotopic (exact) mass is 283 g/mol. The molecule has 0 aliphatic rings. The molecular weight excluding hydrogens is 266 g/mol. The number of rotatable bonds is 2. The van der Waals surface area contributed by atoms with Gasteiger partial charge in [-0.25, -0.2) is 4.98 Å². The Balaban J connectivity index is 2.18. The Morgan fingerprint density at radius 3 is 2.55 bits per heavy atom. The summed E-state index contributed by atoms with van der Waals surface area (Å²) in [5, 5.41) is 2.08. The molecule has 0 radical (unpaired) electrons. The van der Waals surface area contributed by atoms with E-state index in [2.05, 4.69) is 29.0 Å². The predicted octanol–water partition coefficient (Wildman–Crippen LogP) is 3.66. The van der Waals surface area contributed by atoms with Gasteiger partial charge in [0.2, 0.25) is 0 Å². The van der Waals surface area contributed by atoms with Crippen LogP contribution in [0.2, 0.25) is 0 Å². The van der Waals surface area contributed by atoms with Crippen LogP contribution in [0, 0.1) is 20.8 Å². The number of benzene rings is 1. The van der Waals surface area contributed by atoms with Gasteiger partial charge in [0.05, 0.1) is 17.3 Å². The first-order valence-electron chi connectivity index (χ1n) is 6.62. The number of thiazole rings is 1. The molecule has 0 aliphatic heterocycles. The quantitative estimate of drug-likeness (QED) is 0.780. The molecule has 1 atom stereocenters. The zero-order valence-corrected chi connectivity index (χ0v) is 12.7. The second kappa shape index (κ2) is 4.96. The van der Waals surface area contributed by atoms with Gasteiger partial charge in [-0.1, -0.05) is 18.2 Å². The number of hydrogen-bond donors (Lipinski definition) is 1. The molecule has 0 spiro atoms. The highest BCUT2D eigenvalue weighted by Crippen LogP contribution is 2.30. The van der Waals surface area contributed by atoms with Gasteiger partial charge in [0.1, 0.15) is 5.01 Å². The Labute approximate surface area is 122 Å². The molecule has 20 heavy (non-hydrogen) atoms. The summed E-state index contributed by atoms with van der Waals surface area (Å²) in [5.41, 5.74) is 10.6. The number of aromatic nitrogens is 2. The molecule has 0 fully saturated rings. The van der Waals surface area contributed by atoms with E-state index in [0.717, 1.165) is 32.9 Å². The van der Waals surface area contributed by atoms with Crippen molar-refractivity contribution in [3.05, 3.63) is 57.2 Å². The minimum absolute atomic E-state index is 0.195. The zero-order valence-electron chi connectivity index (χ0n) is 11.8. The molecule has 3 aromatic rings. The summed E-state index contributed by atoms with van der Waals surface area (Å²) in [6, 6.07) is 10.00.